The summed E-state index contributed by atoms with van der Waals surface area (Å²) in [5.41, 5.74) is 6.42. The Morgan fingerprint density at radius 2 is 1.96 bits per heavy atom. The normalized spacial score (nSPS) is 10.5. The van der Waals surface area contributed by atoms with Gasteiger partial charge in [0, 0.05) is 18.4 Å². The molecule has 2 N–H and O–H groups in total. The van der Waals surface area contributed by atoms with Crippen molar-refractivity contribution in [1.82, 2.24) is 21.0 Å². The van der Waals surface area contributed by atoms with Crippen LogP contribution >= 0.6 is 11.3 Å². The molecule has 0 aliphatic rings. The lowest BCUT2D eigenvalue weighted by atomic mass is 10.1. The summed E-state index contributed by atoms with van der Waals surface area (Å²) in [5, 5.41) is 5.82. The van der Waals surface area contributed by atoms with E-state index in [4.69, 9.17) is 4.52 Å². The van der Waals surface area contributed by atoms with Gasteiger partial charge < -0.3 is 4.52 Å². The molecule has 0 aliphatic heterocycles. The highest BCUT2D eigenvalue weighted by atomic mass is 32.1. The van der Waals surface area contributed by atoms with Crippen molar-refractivity contribution in [1.29, 1.82) is 0 Å². The Morgan fingerprint density at radius 3 is 2.65 bits per heavy atom. The Kier molecular flexibility index (Phi) is 5.75. The van der Waals surface area contributed by atoms with Crippen molar-refractivity contribution >= 4 is 23.2 Å². The van der Waals surface area contributed by atoms with Crippen molar-refractivity contribution in [2.45, 2.75) is 26.2 Å². The van der Waals surface area contributed by atoms with Gasteiger partial charge in [0.25, 0.3) is 5.91 Å². The molecule has 8 heteroatoms. The highest BCUT2D eigenvalue weighted by molar-refractivity contribution is 7.13. The summed E-state index contributed by atoms with van der Waals surface area (Å²) in [4.78, 5) is 29.0. The van der Waals surface area contributed by atoms with Crippen molar-refractivity contribution in [3.63, 3.8) is 0 Å². The first-order valence-electron chi connectivity index (χ1n) is 8.20. The Labute approximate surface area is 154 Å². The summed E-state index contributed by atoms with van der Waals surface area (Å²) in [5.74, 6) is 0.197. The maximum absolute atomic E-state index is 12.0. The Hall–Kier alpha value is -3.00. The number of aromatic nitrogens is 2. The van der Waals surface area contributed by atoms with E-state index in [1.807, 2.05) is 36.6 Å². The fourth-order valence-electron chi connectivity index (χ4n) is 2.24. The molecule has 1 aromatic carbocycles. The van der Waals surface area contributed by atoms with Gasteiger partial charge in [0.15, 0.2) is 0 Å². The molecule has 0 bridgehead atoms. The van der Waals surface area contributed by atoms with Crippen LogP contribution in [0, 0.1) is 0 Å². The van der Waals surface area contributed by atoms with E-state index in [0.29, 0.717) is 23.7 Å². The summed E-state index contributed by atoms with van der Waals surface area (Å²) in [6.07, 6.45) is 1.33. The predicted molar refractivity (Wildman–Crippen MR) is 97.4 cm³/mol. The third-order valence-electron chi connectivity index (χ3n) is 3.72. The van der Waals surface area contributed by atoms with Gasteiger partial charge >= 0.3 is 0 Å². The lowest BCUT2D eigenvalue weighted by Crippen LogP contribution is -2.41. The SMILES string of the molecule is CCc1ccc(C(=O)NNC(=O)CCc2nc(-c3cccs3)no2)cc1. The number of aryl methyl sites for hydroxylation is 2. The van der Waals surface area contributed by atoms with Crippen LogP contribution in [-0.2, 0) is 17.6 Å². The van der Waals surface area contributed by atoms with E-state index >= 15 is 0 Å². The van der Waals surface area contributed by atoms with Crippen LogP contribution in [0.3, 0.4) is 0 Å². The first-order chi connectivity index (χ1) is 12.7. The summed E-state index contributed by atoms with van der Waals surface area (Å²) in [7, 11) is 0. The number of hydrazine groups is 1. The molecule has 0 unspecified atom stereocenters. The molecule has 0 fully saturated rings. The van der Waals surface area contributed by atoms with Crippen molar-refractivity contribution < 1.29 is 14.1 Å². The number of hydrogen-bond donors (Lipinski definition) is 2. The second kappa shape index (κ2) is 8.39. The Morgan fingerprint density at radius 1 is 1.15 bits per heavy atom. The van der Waals surface area contributed by atoms with Crippen LogP contribution in [0.25, 0.3) is 10.7 Å². The average molecular weight is 370 g/mol. The summed E-state index contributed by atoms with van der Waals surface area (Å²) >= 11 is 1.51. The highest BCUT2D eigenvalue weighted by Gasteiger charge is 2.12. The smallest absolute Gasteiger partial charge is 0.269 e. The van der Waals surface area contributed by atoms with E-state index in [1.54, 1.807) is 12.1 Å². The second-order valence-corrected chi connectivity index (χ2v) is 6.49. The molecule has 3 rings (SSSR count). The number of amides is 2. The van der Waals surface area contributed by atoms with Crippen LogP contribution < -0.4 is 10.9 Å². The van der Waals surface area contributed by atoms with Crippen LogP contribution in [0.4, 0.5) is 0 Å². The molecule has 0 aliphatic carbocycles. The van der Waals surface area contributed by atoms with Gasteiger partial charge in [0.05, 0.1) is 4.88 Å². The third-order valence-corrected chi connectivity index (χ3v) is 4.58. The number of rotatable bonds is 6. The number of carbonyl (C=O) groups excluding carboxylic acids is 2. The molecule has 0 radical (unpaired) electrons. The fraction of sp³-hybridized carbons (Fsp3) is 0.222. The number of benzene rings is 1. The van der Waals surface area contributed by atoms with Crippen LogP contribution in [0.1, 0.15) is 35.2 Å². The first-order valence-corrected chi connectivity index (χ1v) is 9.08. The molecular weight excluding hydrogens is 352 g/mol. The van der Waals surface area contributed by atoms with Gasteiger partial charge in [0.2, 0.25) is 17.6 Å². The topological polar surface area (TPSA) is 97.1 Å². The maximum atomic E-state index is 12.0. The molecule has 2 aromatic heterocycles. The van der Waals surface area contributed by atoms with E-state index < -0.39 is 0 Å². The Bertz CT molecular complexity index is 872. The zero-order valence-corrected chi connectivity index (χ0v) is 15.0. The molecule has 134 valence electrons. The molecule has 0 saturated heterocycles. The van der Waals surface area contributed by atoms with Gasteiger partial charge in [-0.05, 0) is 35.6 Å². The highest BCUT2D eigenvalue weighted by Crippen LogP contribution is 2.21. The van der Waals surface area contributed by atoms with E-state index in [2.05, 4.69) is 21.0 Å². The number of thiophene rings is 1. The molecule has 0 atom stereocenters. The first kappa shape index (κ1) is 17.8. The maximum Gasteiger partial charge on any atom is 0.269 e. The van der Waals surface area contributed by atoms with Crippen LogP contribution in [0.15, 0.2) is 46.3 Å². The lowest BCUT2D eigenvalue weighted by Gasteiger charge is -2.07. The zero-order valence-electron chi connectivity index (χ0n) is 14.2. The summed E-state index contributed by atoms with van der Waals surface area (Å²) in [6.45, 7) is 2.04. The van der Waals surface area contributed by atoms with Gasteiger partial charge in [-0.15, -0.1) is 11.3 Å². The van der Waals surface area contributed by atoms with Gasteiger partial charge in [-0.25, -0.2) is 0 Å². The molecule has 2 heterocycles. The quantitative estimate of drug-likeness (QED) is 0.650. The van der Waals surface area contributed by atoms with Gasteiger partial charge in [-0.3, -0.25) is 20.4 Å². The van der Waals surface area contributed by atoms with E-state index in [0.717, 1.165) is 16.9 Å². The van der Waals surface area contributed by atoms with Crippen molar-refractivity contribution in [3.8, 4) is 10.7 Å². The van der Waals surface area contributed by atoms with E-state index in [9.17, 15) is 9.59 Å². The molecule has 0 saturated carbocycles. The molecule has 26 heavy (non-hydrogen) atoms. The molecule has 2 amide bonds. The molecular formula is C18H18N4O3S. The minimum atomic E-state index is -0.362. The largest absolute Gasteiger partial charge is 0.339 e. The van der Waals surface area contributed by atoms with Crippen molar-refractivity contribution in [2.75, 3.05) is 0 Å². The van der Waals surface area contributed by atoms with Gasteiger partial charge in [-0.1, -0.05) is 30.3 Å². The zero-order chi connectivity index (χ0) is 18.4. The predicted octanol–water partition coefficient (Wildman–Crippen LogP) is 2.75. The summed E-state index contributed by atoms with van der Waals surface area (Å²) in [6, 6.07) is 11.0. The molecule has 3 aromatic rings. The van der Waals surface area contributed by atoms with Gasteiger partial charge in [-0.2, -0.15) is 4.98 Å². The summed E-state index contributed by atoms with van der Waals surface area (Å²) < 4.78 is 5.13. The lowest BCUT2D eigenvalue weighted by molar-refractivity contribution is -0.121. The fourth-order valence-corrected chi connectivity index (χ4v) is 2.88. The molecule has 7 nitrogen and oxygen atoms in total. The van der Waals surface area contributed by atoms with Crippen LogP contribution in [0.2, 0.25) is 0 Å². The third kappa shape index (κ3) is 4.54. The van der Waals surface area contributed by atoms with Crippen molar-refractivity contribution in [3.05, 3.63) is 58.8 Å². The Balaban J connectivity index is 1.44. The number of nitrogens with zero attached hydrogens (tertiary/aromatic N) is 2. The average Bonchev–Trinajstić information content (AvgIpc) is 3.36. The van der Waals surface area contributed by atoms with E-state index in [1.165, 1.54) is 11.3 Å². The number of hydrogen-bond acceptors (Lipinski definition) is 6. The van der Waals surface area contributed by atoms with Gasteiger partial charge in [0.1, 0.15) is 0 Å². The molecule has 0 spiro atoms. The van der Waals surface area contributed by atoms with Crippen LogP contribution in [0.5, 0.6) is 0 Å². The standard InChI is InChI=1S/C18H18N4O3S/c1-2-12-5-7-13(8-6-12)18(24)21-20-15(23)9-10-16-19-17(22-25-16)14-4-3-11-26-14/h3-8,11H,2,9-10H2,1H3,(H,20,23)(H,21,24). The minimum absolute atomic E-state index is 0.126. The number of carbonyl (C=O) groups is 2. The monoisotopic (exact) mass is 370 g/mol. The second-order valence-electron chi connectivity index (χ2n) is 5.54. The number of nitrogens with one attached hydrogen (secondary N) is 2. The minimum Gasteiger partial charge on any atom is -0.339 e. The van der Waals surface area contributed by atoms with Crippen molar-refractivity contribution in [2.24, 2.45) is 0 Å². The van der Waals surface area contributed by atoms with Crippen LogP contribution in [-0.4, -0.2) is 22.0 Å². The van der Waals surface area contributed by atoms with E-state index in [-0.39, 0.29) is 18.2 Å².